The summed E-state index contributed by atoms with van der Waals surface area (Å²) in [6.45, 7) is 11.3. The van der Waals surface area contributed by atoms with Gasteiger partial charge in [-0.3, -0.25) is 0 Å². The molecule has 154 valence electrons. The molecule has 27 heavy (non-hydrogen) atoms. The summed E-state index contributed by atoms with van der Waals surface area (Å²) in [7, 11) is 1.94. The Kier molecular flexibility index (Phi) is 16.1. The second-order valence-corrected chi connectivity index (χ2v) is 6.03. The van der Waals surface area contributed by atoms with Crippen molar-refractivity contribution in [1.29, 1.82) is 0 Å². The van der Waals surface area contributed by atoms with Gasteiger partial charge in [-0.15, -0.1) is 0 Å². The molecule has 1 aromatic carbocycles. The number of hydrogen-bond acceptors (Lipinski definition) is 3. The molecule has 2 rings (SSSR count). The van der Waals surface area contributed by atoms with Crippen molar-refractivity contribution in [2.75, 3.05) is 19.0 Å². The standard InChI is InChI=1S/C13H22N2.C9H12O.C2H6.H2/c1-4-6-7-8-12-10-9-11(5-2)13(14-3)15-12;1-2-8-10-9-6-4-3-5-7-9;1-2;/h9-10H,4-8H2,1-3H3,(H,14,15);3-7H,2,8H2,1H3;1-2H3;1H. The molecule has 0 atom stereocenters. The van der Waals surface area contributed by atoms with E-state index in [1.165, 1.54) is 30.5 Å². The van der Waals surface area contributed by atoms with E-state index >= 15 is 0 Å². The molecule has 0 aliphatic rings. The highest BCUT2D eigenvalue weighted by molar-refractivity contribution is 5.44. The molecule has 0 amide bonds. The summed E-state index contributed by atoms with van der Waals surface area (Å²) in [5.74, 6) is 2.01. The summed E-state index contributed by atoms with van der Waals surface area (Å²) < 4.78 is 5.36. The first-order valence-electron chi connectivity index (χ1n) is 10.6. The average Bonchev–Trinajstić information content (AvgIpc) is 2.75. The number of ether oxygens (including phenoxy) is 1. The van der Waals surface area contributed by atoms with Gasteiger partial charge in [-0.25, -0.2) is 4.98 Å². The fourth-order valence-electron chi connectivity index (χ4n) is 2.46. The summed E-state index contributed by atoms with van der Waals surface area (Å²) in [5.41, 5.74) is 2.52. The highest BCUT2D eigenvalue weighted by Gasteiger charge is 2.02. The van der Waals surface area contributed by atoms with Crippen molar-refractivity contribution in [1.82, 2.24) is 4.98 Å². The minimum absolute atomic E-state index is 0. The third-order valence-corrected chi connectivity index (χ3v) is 3.91. The first kappa shape index (κ1) is 25.0. The summed E-state index contributed by atoms with van der Waals surface area (Å²) >= 11 is 0. The number of nitrogens with zero attached hydrogens (tertiary/aromatic N) is 1. The maximum atomic E-state index is 5.36. The number of unbranched alkanes of at least 4 members (excludes halogenated alkanes) is 2. The van der Waals surface area contributed by atoms with E-state index in [1.54, 1.807) is 0 Å². The monoisotopic (exact) mass is 374 g/mol. The van der Waals surface area contributed by atoms with Gasteiger partial charge in [0.25, 0.3) is 0 Å². The SMILES string of the molecule is CC.CCCCCc1ccc(CC)c(NC)n1.CCCOc1ccccc1.[HH]. The molecule has 0 bridgehead atoms. The average molecular weight is 375 g/mol. The van der Waals surface area contributed by atoms with E-state index in [4.69, 9.17) is 4.74 Å². The van der Waals surface area contributed by atoms with E-state index in [2.05, 4.69) is 43.2 Å². The van der Waals surface area contributed by atoms with Crippen LogP contribution in [-0.2, 0) is 12.8 Å². The van der Waals surface area contributed by atoms with E-state index in [0.717, 1.165) is 37.4 Å². The van der Waals surface area contributed by atoms with Crippen LogP contribution in [0.3, 0.4) is 0 Å². The molecule has 2 aromatic rings. The van der Waals surface area contributed by atoms with Crippen LogP contribution in [0.2, 0.25) is 0 Å². The molecule has 0 saturated carbocycles. The number of para-hydroxylation sites is 1. The Hall–Kier alpha value is -2.03. The Morgan fingerprint density at radius 3 is 2.19 bits per heavy atom. The predicted molar refractivity (Wildman–Crippen MR) is 122 cm³/mol. The zero-order chi connectivity index (χ0) is 20.3. The number of aromatic nitrogens is 1. The molecule has 0 aliphatic heterocycles. The summed E-state index contributed by atoms with van der Waals surface area (Å²) in [6, 6.07) is 14.2. The van der Waals surface area contributed by atoms with Crippen LogP contribution < -0.4 is 10.1 Å². The topological polar surface area (TPSA) is 34.2 Å². The zero-order valence-corrected chi connectivity index (χ0v) is 18.3. The number of aryl methyl sites for hydroxylation is 2. The lowest BCUT2D eigenvalue weighted by molar-refractivity contribution is 0.317. The van der Waals surface area contributed by atoms with Crippen LogP contribution in [0.5, 0.6) is 5.75 Å². The van der Waals surface area contributed by atoms with Crippen molar-refractivity contribution < 1.29 is 6.16 Å². The number of benzene rings is 1. The second-order valence-electron chi connectivity index (χ2n) is 6.03. The van der Waals surface area contributed by atoms with Gasteiger partial charge in [0.1, 0.15) is 11.6 Å². The van der Waals surface area contributed by atoms with Crippen LogP contribution in [0.15, 0.2) is 42.5 Å². The molecule has 0 saturated heterocycles. The highest BCUT2D eigenvalue weighted by Crippen LogP contribution is 2.15. The molecule has 0 fully saturated rings. The molecule has 1 aromatic heterocycles. The lowest BCUT2D eigenvalue weighted by atomic mass is 10.1. The Bertz CT molecular complexity index is 576. The van der Waals surface area contributed by atoms with E-state index in [-0.39, 0.29) is 1.43 Å². The molecular weight excluding hydrogens is 332 g/mol. The largest absolute Gasteiger partial charge is 0.494 e. The van der Waals surface area contributed by atoms with Crippen LogP contribution in [0.4, 0.5) is 5.82 Å². The van der Waals surface area contributed by atoms with E-state index in [1.807, 2.05) is 51.2 Å². The molecule has 1 heterocycles. The fourth-order valence-corrected chi connectivity index (χ4v) is 2.46. The number of hydrogen-bond donors (Lipinski definition) is 1. The predicted octanol–water partition coefficient (Wildman–Crippen LogP) is 7.17. The van der Waals surface area contributed by atoms with Crippen LogP contribution in [0, 0.1) is 0 Å². The van der Waals surface area contributed by atoms with Gasteiger partial charge in [0, 0.05) is 14.2 Å². The quantitative estimate of drug-likeness (QED) is 0.472. The molecular formula is C24H42N2O. The maximum absolute atomic E-state index is 5.36. The van der Waals surface area contributed by atoms with Crippen LogP contribution in [0.1, 0.15) is 73.0 Å². The maximum Gasteiger partial charge on any atom is 0.129 e. The Morgan fingerprint density at radius 2 is 1.63 bits per heavy atom. The summed E-state index contributed by atoms with van der Waals surface area (Å²) in [6.07, 6.45) is 7.02. The first-order valence-corrected chi connectivity index (χ1v) is 10.6. The van der Waals surface area contributed by atoms with Crippen LogP contribution in [-0.4, -0.2) is 18.6 Å². The van der Waals surface area contributed by atoms with Crippen LogP contribution in [0.25, 0.3) is 0 Å². The lowest BCUT2D eigenvalue weighted by Crippen LogP contribution is -2.01. The van der Waals surface area contributed by atoms with Gasteiger partial charge in [-0.2, -0.15) is 0 Å². The van der Waals surface area contributed by atoms with E-state index in [9.17, 15) is 0 Å². The number of nitrogens with one attached hydrogen (secondary N) is 1. The Balaban J connectivity index is 0. The third kappa shape index (κ3) is 11.3. The number of anilines is 1. The minimum atomic E-state index is 0. The normalized spacial score (nSPS) is 9.41. The van der Waals surface area contributed by atoms with E-state index < -0.39 is 0 Å². The second kappa shape index (κ2) is 17.4. The van der Waals surface area contributed by atoms with Gasteiger partial charge in [0.15, 0.2) is 0 Å². The molecule has 0 spiro atoms. The summed E-state index contributed by atoms with van der Waals surface area (Å²) in [4.78, 5) is 4.62. The fraction of sp³-hybridized carbons (Fsp3) is 0.542. The smallest absolute Gasteiger partial charge is 0.129 e. The first-order chi connectivity index (χ1) is 13.2. The van der Waals surface area contributed by atoms with Crippen molar-refractivity contribution in [3.05, 3.63) is 53.7 Å². The van der Waals surface area contributed by atoms with Crippen molar-refractivity contribution in [3.8, 4) is 5.75 Å². The van der Waals surface area contributed by atoms with Gasteiger partial charge in [-0.05, 0) is 49.4 Å². The summed E-state index contributed by atoms with van der Waals surface area (Å²) in [5, 5.41) is 3.17. The van der Waals surface area contributed by atoms with Gasteiger partial charge < -0.3 is 10.1 Å². The Labute approximate surface area is 169 Å². The highest BCUT2D eigenvalue weighted by atomic mass is 16.5. The lowest BCUT2D eigenvalue weighted by Gasteiger charge is -2.08. The van der Waals surface area contributed by atoms with Crippen molar-refractivity contribution in [3.63, 3.8) is 0 Å². The van der Waals surface area contributed by atoms with Crippen LogP contribution >= 0.6 is 0 Å². The van der Waals surface area contributed by atoms with Gasteiger partial charge in [-0.1, -0.05) is 71.7 Å². The molecule has 3 heteroatoms. The molecule has 0 aliphatic carbocycles. The van der Waals surface area contributed by atoms with E-state index in [0.29, 0.717) is 0 Å². The molecule has 0 unspecified atom stereocenters. The molecule has 1 N–H and O–H groups in total. The molecule has 0 radical (unpaired) electrons. The number of pyridine rings is 1. The van der Waals surface area contributed by atoms with Crippen molar-refractivity contribution >= 4 is 5.82 Å². The zero-order valence-electron chi connectivity index (χ0n) is 18.3. The number of rotatable bonds is 9. The minimum Gasteiger partial charge on any atom is -0.494 e. The Morgan fingerprint density at radius 1 is 0.926 bits per heavy atom. The van der Waals surface area contributed by atoms with Gasteiger partial charge in [0.05, 0.1) is 6.61 Å². The van der Waals surface area contributed by atoms with Crippen molar-refractivity contribution in [2.45, 2.75) is 73.1 Å². The van der Waals surface area contributed by atoms with Gasteiger partial charge in [0.2, 0.25) is 0 Å². The van der Waals surface area contributed by atoms with Gasteiger partial charge >= 0.3 is 0 Å². The third-order valence-electron chi connectivity index (χ3n) is 3.91. The molecule has 3 nitrogen and oxygen atoms in total. The van der Waals surface area contributed by atoms with Crippen molar-refractivity contribution in [2.24, 2.45) is 0 Å².